The first-order valence-electron chi connectivity index (χ1n) is 9.17. The zero-order chi connectivity index (χ0) is 21.2. The minimum absolute atomic E-state index is 0.0509. The first-order chi connectivity index (χ1) is 13.7. The molecule has 8 heteroatoms. The Balaban J connectivity index is 1.89. The maximum absolute atomic E-state index is 13.7. The number of likely N-dealkylation sites (N-methyl/N-ethyl adjacent to an activating group) is 1. The van der Waals surface area contributed by atoms with Crippen LogP contribution in [0.4, 0.5) is 24.5 Å². The third kappa shape index (κ3) is 4.76. The second-order valence-corrected chi connectivity index (χ2v) is 7.19. The third-order valence-corrected chi connectivity index (χ3v) is 4.88. The molecule has 2 aromatic carbocycles. The molecule has 29 heavy (non-hydrogen) atoms. The first kappa shape index (κ1) is 20.9. The van der Waals surface area contributed by atoms with Crippen LogP contribution < -0.4 is 10.2 Å². The van der Waals surface area contributed by atoms with Gasteiger partial charge in [-0.15, -0.1) is 0 Å². The van der Waals surface area contributed by atoms with E-state index in [-0.39, 0.29) is 17.9 Å². The Labute approximate surface area is 167 Å². The van der Waals surface area contributed by atoms with Crippen LogP contribution in [0.15, 0.2) is 48.5 Å². The number of halogens is 3. The zero-order valence-electron chi connectivity index (χ0n) is 16.2. The van der Waals surface area contributed by atoms with Gasteiger partial charge in [-0.1, -0.05) is 36.4 Å². The van der Waals surface area contributed by atoms with Crippen molar-refractivity contribution in [3.63, 3.8) is 0 Å². The molecule has 0 unspecified atom stereocenters. The van der Waals surface area contributed by atoms with E-state index in [0.717, 1.165) is 11.1 Å². The normalized spacial score (nSPS) is 17.0. The minimum atomic E-state index is -4.74. The van der Waals surface area contributed by atoms with Gasteiger partial charge >= 0.3 is 6.18 Å². The number of rotatable bonds is 4. The van der Waals surface area contributed by atoms with E-state index in [1.165, 1.54) is 12.1 Å². The van der Waals surface area contributed by atoms with Crippen molar-refractivity contribution in [2.75, 3.05) is 23.8 Å². The van der Waals surface area contributed by atoms with E-state index < -0.39 is 30.5 Å². The molecular formula is C21H22F3N3O2. The largest absolute Gasteiger partial charge is 0.409 e. The van der Waals surface area contributed by atoms with Crippen LogP contribution in [0.5, 0.6) is 0 Å². The molecule has 1 aliphatic heterocycles. The van der Waals surface area contributed by atoms with E-state index in [4.69, 9.17) is 0 Å². The number of benzene rings is 2. The molecule has 0 bridgehead atoms. The average Bonchev–Trinajstić information content (AvgIpc) is 2.79. The summed E-state index contributed by atoms with van der Waals surface area (Å²) < 4.78 is 41.2. The molecular weight excluding hydrogens is 383 g/mol. The average molecular weight is 405 g/mol. The number of carbonyl (C=O) groups is 2. The predicted octanol–water partition coefficient (Wildman–Crippen LogP) is 3.73. The molecule has 2 amide bonds. The molecule has 0 spiro atoms. The van der Waals surface area contributed by atoms with Gasteiger partial charge in [0, 0.05) is 6.54 Å². The van der Waals surface area contributed by atoms with Crippen LogP contribution in [0.1, 0.15) is 17.5 Å². The van der Waals surface area contributed by atoms with Gasteiger partial charge in [-0.25, -0.2) is 0 Å². The van der Waals surface area contributed by atoms with Gasteiger partial charge in [0.2, 0.25) is 11.8 Å². The van der Waals surface area contributed by atoms with Crippen LogP contribution in [0.3, 0.4) is 0 Å². The van der Waals surface area contributed by atoms with Gasteiger partial charge in [-0.05, 0) is 37.2 Å². The van der Waals surface area contributed by atoms with E-state index in [1.807, 2.05) is 31.2 Å². The third-order valence-electron chi connectivity index (χ3n) is 4.88. The minimum Gasteiger partial charge on any atom is -0.324 e. The van der Waals surface area contributed by atoms with Crippen molar-refractivity contribution >= 4 is 23.2 Å². The van der Waals surface area contributed by atoms with E-state index in [9.17, 15) is 22.8 Å². The number of aryl methyl sites for hydroxylation is 1. The molecule has 3 rings (SSSR count). The summed E-state index contributed by atoms with van der Waals surface area (Å²) in [6, 6.07) is 11.5. The van der Waals surface area contributed by atoms with Gasteiger partial charge in [0.25, 0.3) is 0 Å². The fourth-order valence-corrected chi connectivity index (χ4v) is 3.44. The lowest BCUT2D eigenvalue weighted by Gasteiger charge is -2.33. The highest BCUT2D eigenvalue weighted by atomic mass is 19.4. The maximum Gasteiger partial charge on any atom is 0.409 e. The van der Waals surface area contributed by atoms with E-state index in [2.05, 4.69) is 5.32 Å². The molecule has 0 saturated heterocycles. The number of nitrogens with zero attached hydrogens (tertiary/aromatic N) is 2. The van der Waals surface area contributed by atoms with Crippen molar-refractivity contribution in [2.24, 2.45) is 0 Å². The number of para-hydroxylation sites is 2. The van der Waals surface area contributed by atoms with E-state index in [1.54, 1.807) is 24.1 Å². The highest BCUT2D eigenvalue weighted by Crippen LogP contribution is 2.37. The van der Waals surface area contributed by atoms with Gasteiger partial charge in [0.15, 0.2) is 0 Å². The fraction of sp³-hybridized carbons (Fsp3) is 0.333. The first-order valence-corrected chi connectivity index (χ1v) is 9.17. The van der Waals surface area contributed by atoms with Crippen molar-refractivity contribution < 1.29 is 22.8 Å². The second-order valence-electron chi connectivity index (χ2n) is 7.19. The van der Waals surface area contributed by atoms with Gasteiger partial charge in [-0.3, -0.25) is 19.4 Å². The van der Waals surface area contributed by atoms with E-state index in [0.29, 0.717) is 11.4 Å². The molecule has 1 N–H and O–H groups in total. The number of alkyl halides is 3. The zero-order valence-corrected chi connectivity index (χ0v) is 16.2. The topological polar surface area (TPSA) is 52.7 Å². The quantitative estimate of drug-likeness (QED) is 0.843. The summed E-state index contributed by atoms with van der Waals surface area (Å²) in [5.74, 6) is -1.49. The van der Waals surface area contributed by atoms with Crippen molar-refractivity contribution in [3.05, 3.63) is 59.7 Å². The monoisotopic (exact) mass is 405 g/mol. The van der Waals surface area contributed by atoms with Crippen LogP contribution in [0, 0.1) is 6.92 Å². The lowest BCUT2D eigenvalue weighted by molar-refractivity contribution is -0.158. The number of nitrogens with one attached hydrogen (secondary N) is 1. The van der Waals surface area contributed by atoms with Crippen molar-refractivity contribution in [2.45, 2.75) is 32.1 Å². The molecule has 0 radical (unpaired) electrons. The molecule has 0 aliphatic carbocycles. The fourth-order valence-electron chi connectivity index (χ4n) is 3.44. The summed E-state index contributed by atoms with van der Waals surface area (Å²) in [7, 11) is 1.68. The number of fused-ring (bicyclic) bond motifs is 1. The Hall–Kier alpha value is -2.87. The highest BCUT2D eigenvalue weighted by molar-refractivity contribution is 6.05. The lowest BCUT2D eigenvalue weighted by atomic mass is 10.1. The molecule has 0 fully saturated rings. The van der Waals surface area contributed by atoms with Crippen molar-refractivity contribution in [1.82, 2.24) is 4.90 Å². The Kier molecular flexibility index (Phi) is 5.93. The molecule has 2 aromatic rings. The van der Waals surface area contributed by atoms with Crippen LogP contribution >= 0.6 is 0 Å². The smallest absolute Gasteiger partial charge is 0.324 e. The van der Waals surface area contributed by atoms with Crippen LogP contribution in [0.2, 0.25) is 0 Å². The molecule has 0 saturated carbocycles. The van der Waals surface area contributed by atoms with Crippen LogP contribution in [0.25, 0.3) is 0 Å². The maximum atomic E-state index is 13.7. The Bertz CT molecular complexity index is 914. The summed E-state index contributed by atoms with van der Waals surface area (Å²) >= 11 is 0. The summed E-state index contributed by atoms with van der Waals surface area (Å²) in [4.78, 5) is 27.4. The van der Waals surface area contributed by atoms with Crippen LogP contribution in [-0.4, -0.2) is 42.5 Å². The summed E-state index contributed by atoms with van der Waals surface area (Å²) in [5.41, 5.74) is 2.27. The van der Waals surface area contributed by atoms with Gasteiger partial charge < -0.3 is 5.32 Å². The summed E-state index contributed by atoms with van der Waals surface area (Å²) in [6.45, 7) is 2.14. The number of hydrogen-bond donors (Lipinski definition) is 1. The predicted molar refractivity (Wildman–Crippen MR) is 105 cm³/mol. The van der Waals surface area contributed by atoms with E-state index >= 15 is 0 Å². The molecule has 0 aromatic heterocycles. The Morgan fingerprint density at radius 3 is 2.52 bits per heavy atom. The summed E-state index contributed by atoms with van der Waals surface area (Å²) in [5, 5.41) is 2.46. The Morgan fingerprint density at radius 1 is 1.17 bits per heavy atom. The number of hydrogen-bond acceptors (Lipinski definition) is 3. The number of carbonyl (C=O) groups excluding carboxylic acids is 2. The summed E-state index contributed by atoms with van der Waals surface area (Å²) in [6.07, 6.45) is -5.58. The SMILES string of the molecule is Cc1ccccc1CN(C)CC(=O)N1c2ccccc2NC(=O)C[C@@H]1C(F)(F)F. The van der Waals surface area contributed by atoms with Gasteiger partial charge in [-0.2, -0.15) is 13.2 Å². The standard InChI is InChI=1S/C21H22F3N3O2/c1-14-7-3-4-8-15(14)12-26(2)13-20(29)27-17-10-6-5-9-16(17)25-19(28)11-18(27)21(22,23)24/h3-10,18H,11-13H2,1-2H3,(H,25,28)/t18-/m1/s1. The van der Waals surface area contributed by atoms with Gasteiger partial charge in [0.05, 0.1) is 24.3 Å². The number of anilines is 2. The van der Waals surface area contributed by atoms with Crippen LogP contribution in [-0.2, 0) is 16.1 Å². The highest BCUT2D eigenvalue weighted by Gasteiger charge is 2.49. The lowest BCUT2D eigenvalue weighted by Crippen LogP contribution is -2.52. The molecule has 1 heterocycles. The van der Waals surface area contributed by atoms with Gasteiger partial charge in [0.1, 0.15) is 6.04 Å². The molecule has 1 atom stereocenters. The molecule has 154 valence electrons. The molecule has 5 nitrogen and oxygen atoms in total. The van der Waals surface area contributed by atoms with Crippen molar-refractivity contribution in [1.29, 1.82) is 0 Å². The number of amides is 2. The van der Waals surface area contributed by atoms with Crippen molar-refractivity contribution in [3.8, 4) is 0 Å². The molecule has 1 aliphatic rings. The second kappa shape index (κ2) is 8.24. The Morgan fingerprint density at radius 2 is 1.83 bits per heavy atom.